The van der Waals surface area contributed by atoms with Crippen molar-refractivity contribution in [1.82, 2.24) is 25.5 Å². The Morgan fingerprint density at radius 3 is 3.05 bits per heavy atom. The second-order valence-electron chi connectivity index (χ2n) is 4.77. The van der Waals surface area contributed by atoms with Crippen LogP contribution in [0.2, 0.25) is 0 Å². The molecule has 1 N–H and O–H groups in total. The number of halogens is 1. The highest BCUT2D eigenvalue weighted by molar-refractivity contribution is 9.10. The first kappa shape index (κ1) is 14.0. The van der Waals surface area contributed by atoms with Crippen LogP contribution in [0.5, 0.6) is 0 Å². The molecule has 1 aromatic carbocycles. The van der Waals surface area contributed by atoms with Crippen molar-refractivity contribution in [2.75, 3.05) is 6.54 Å². The van der Waals surface area contributed by atoms with Crippen LogP contribution in [0.4, 0.5) is 0 Å². The highest BCUT2D eigenvalue weighted by atomic mass is 79.9. The van der Waals surface area contributed by atoms with Crippen molar-refractivity contribution in [1.29, 1.82) is 0 Å². The highest BCUT2D eigenvalue weighted by Crippen LogP contribution is 2.39. The summed E-state index contributed by atoms with van der Waals surface area (Å²) in [5.74, 6) is 0. The first-order valence-electron chi connectivity index (χ1n) is 6.72. The van der Waals surface area contributed by atoms with Gasteiger partial charge in [-0.15, -0.1) is 5.10 Å². The molecule has 1 fully saturated rings. The van der Waals surface area contributed by atoms with Gasteiger partial charge in [-0.05, 0) is 59.3 Å². The smallest absolute Gasteiger partial charge is 0.214 e. The average Bonchev–Trinajstić information content (AvgIpc) is 3.18. The molecule has 0 unspecified atom stereocenters. The Morgan fingerprint density at radius 1 is 1.45 bits per heavy atom. The van der Waals surface area contributed by atoms with E-state index in [-0.39, 0.29) is 0 Å². The Hall–Kier alpha value is -0.920. The highest BCUT2D eigenvalue weighted by Gasteiger charge is 2.28. The quantitative estimate of drug-likeness (QED) is 0.864. The average molecular weight is 354 g/mol. The monoisotopic (exact) mass is 353 g/mol. The predicted molar refractivity (Wildman–Crippen MR) is 81.7 cm³/mol. The number of aromatic nitrogens is 4. The molecule has 2 aromatic rings. The summed E-state index contributed by atoms with van der Waals surface area (Å²) in [6.45, 7) is 3.93. The Labute approximate surface area is 130 Å². The zero-order valence-corrected chi connectivity index (χ0v) is 13.6. The maximum atomic E-state index is 4.15. The topological polar surface area (TPSA) is 55.6 Å². The third-order valence-electron chi connectivity index (χ3n) is 3.15. The van der Waals surface area contributed by atoms with Crippen LogP contribution in [0.15, 0.2) is 32.7 Å². The van der Waals surface area contributed by atoms with Crippen LogP contribution in [-0.4, -0.2) is 26.8 Å². The Morgan fingerprint density at radius 2 is 2.30 bits per heavy atom. The Kier molecular flexibility index (Phi) is 4.38. The molecule has 0 spiro atoms. The van der Waals surface area contributed by atoms with Crippen LogP contribution in [0.1, 0.15) is 31.4 Å². The van der Waals surface area contributed by atoms with E-state index in [2.05, 4.69) is 61.9 Å². The molecule has 1 heterocycles. The summed E-state index contributed by atoms with van der Waals surface area (Å²) in [4.78, 5) is 1.19. The molecular weight excluding hydrogens is 338 g/mol. The lowest BCUT2D eigenvalue weighted by Crippen LogP contribution is -2.12. The van der Waals surface area contributed by atoms with Gasteiger partial charge in [0.15, 0.2) is 0 Å². The normalized spacial score (nSPS) is 14.7. The third-order valence-corrected chi connectivity index (χ3v) is 4.70. The second kappa shape index (κ2) is 6.24. The lowest BCUT2D eigenvalue weighted by Gasteiger charge is -2.10. The lowest BCUT2D eigenvalue weighted by atomic mass is 10.2. The van der Waals surface area contributed by atoms with Gasteiger partial charge in [-0.3, -0.25) is 0 Å². The third kappa shape index (κ3) is 3.21. The molecule has 7 heteroatoms. The minimum absolute atomic E-state index is 0.497. The van der Waals surface area contributed by atoms with E-state index >= 15 is 0 Å². The minimum Gasteiger partial charge on any atom is -0.313 e. The molecule has 106 valence electrons. The summed E-state index contributed by atoms with van der Waals surface area (Å²) in [6.07, 6.45) is 2.36. The van der Waals surface area contributed by atoms with Gasteiger partial charge in [-0.2, -0.15) is 0 Å². The van der Waals surface area contributed by atoms with E-state index in [9.17, 15) is 0 Å². The zero-order chi connectivity index (χ0) is 13.9. The SMILES string of the molecule is CCNCc1ccc(Br)cc1Sc1nnnn1C1CC1. The number of nitrogens with one attached hydrogen (secondary N) is 1. The number of benzene rings is 1. The standard InChI is InChI=1S/C13H16BrN5S/c1-2-15-8-9-3-4-10(14)7-12(9)20-13-16-17-18-19(13)11-5-6-11/h3-4,7,11,15H,2,5-6,8H2,1H3. The Balaban J connectivity index is 1.84. The van der Waals surface area contributed by atoms with Crippen molar-refractivity contribution in [3.8, 4) is 0 Å². The maximum Gasteiger partial charge on any atom is 0.214 e. The van der Waals surface area contributed by atoms with E-state index in [0.29, 0.717) is 6.04 Å². The summed E-state index contributed by atoms with van der Waals surface area (Å²) < 4.78 is 3.02. The molecule has 5 nitrogen and oxygen atoms in total. The molecule has 3 rings (SSSR count). The largest absolute Gasteiger partial charge is 0.313 e. The molecule has 0 bridgehead atoms. The summed E-state index contributed by atoms with van der Waals surface area (Å²) in [5.41, 5.74) is 1.27. The van der Waals surface area contributed by atoms with Crippen LogP contribution in [0.25, 0.3) is 0 Å². The predicted octanol–water partition coefficient (Wildman–Crippen LogP) is 3.03. The van der Waals surface area contributed by atoms with Crippen molar-refractivity contribution < 1.29 is 0 Å². The van der Waals surface area contributed by atoms with E-state index in [1.54, 1.807) is 11.8 Å². The summed E-state index contributed by atoms with van der Waals surface area (Å²) >= 11 is 5.17. The van der Waals surface area contributed by atoms with Gasteiger partial charge in [0.25, 0.3) is 0 Å². The summed E-state index contributed by atoms with van der Waals surface area (Å²) in [6, 6.07) is 6.83. The number of nitrogens with zero attached hydrogens (tertiary/aromatic N) is 4. The zero-order valence-electron chi connectivity index (χ0n) is 11.2. The molecule has 20 heavy (non-hydrogen) atoms. The molecule has 1 aromatic heterocycles. The van der Waals surface area contributed by atoms with Gasteiger partial charge in [0, 0.05) is 15.9 Å². The van der Waals surface area contributed by atoms with Gasteiger partial charge in [0.05, 0.1) is 6.04 Å². The van der Waals surface area contributed by atoms with E-state index in [1.807, 2.05) is 4.68 Å². The molecule has 1 aliphatic rings. The number of hydrogen-bond acceptors (Lipinski definition) is 5. The first-order valence-corrected chi connectivity index (χ1v) is 8.33. The number of tetrazole rings is 1. The van der Waals surface area contributed by atoms with Crippen molar-refractivity contribution in [3.63, 3.8) is 0 Å². The van der Waals surface area contributed by atoms with E-state index in [4.69, 9.17) is 0 Å². The van der Waals surface area contributed by atoms with Crippen molar-refractivity contribution in [3.05, 3.63) is 28.2 Å². The molecule has 0 atom stereocenters. The fourth-order valence-corrected chi connectivity index (χ4v) is 3.45. The number of rotatable bonds is 6. The van der Waals surface area contributed by atoms with Crippen LogP contribution in [-0.2, 0) is 6.54 Å². The minimum atomic E-state index is 0.497. The fraction of sp³-hybridized carbons (Fsp3) is 0.462. The second-order valence-corrected chi connectivity index (χ2v) is 6.70. The van der Waals surface area contributed by atoms with Gasteiger partial charge in [0.2, 0.25) is 5.16 Å². The van der Waals surface area contributed by atoms with Crippen LogP contribution in [0, 0.1) is 0 Å². The van der Waals surface area contributed by atoms with E-state index in [1.165, 1.54) is 23.3 Å². The Bertz CT molecular complexity index is 596. The molecule has 1 aliphatic carbocycles. The summed E-state index contributed by atoms with van der Waals surface area (Å²) in [5, 5.41) is 16.3. The first-order chi connectivity index (χ1) is 9.78. The lowest BCUT2D eigenvalue weighted by molar-refractivity contribution is 0.565. The molecule has 0 amide bonds. The maximum absolute atomic E-state index is 4.15. The molecule has 1 saturated carbocycles. The van der Waals surface area contributed by atoms with Crippen LogP contribution >= 0.6 is 27.7 Å². The number of hydrogen-bond donors (Lipinski definition) is 1. The summed E-state index contributed by atoms with van der Waals surface area (Å²) in [7, 11) is 0. The van der Waals surface area contributed by atoms with Crippen molar-refractivity contribution >= 4 is 27.7 Å². The van der Waals surface area contributed by atoms with Gasteiger partial charge < -0.3 is 5.32 Å². The van der Waals surface area contributed by atoms with Crippen LogP contribution < -0.4 is 5.32 Å². The van der Waals surface area contributed by atoms with E-state index < -0.39 is 0 Å². The van der Waals surface area contributed by atoms with Crippen molar-refractivity contribution in [2.24, 2.45) is 0 Å². The van der Waals surface area contributed by atoms with E-state index in [0.717, 1.165) is 22.7 Å². The van der Waals surface area contributed by atoms with Gasteiger partial charge in [0.1, 0.15) is 0 Å². The van der Waals surface area contributed by atoms with Crippen molar-refractivity contribution in [2.45, 2.75) is 42.4 Å². The fourth-order valence-electron chi connectivity index (χ4n) is 1.93. The van der Waals surface area contributed by atoms with Crippen LogP contribution in [0.3, 0.4) is 0 Å². The van der Waals surface area contributed by atoms with Gasteiger partial charge in [-0.25, -0.2) is 4.68 Å². The molecule has 0 radical (unpaired) electrons. The molecule has 0 saturated heterocycles. The molecule has 0 aliphatic heterocycles. The van der Waals surface area contributed by atoms with Gasteiger partial charge >= 0.3 is 0 Å². The van der Waals surface area contributed by atoms with Gasteiger partial charge in [-0.1, -0.05) is 28.9 Å². The molecular formula is C13H16BrN5S.